The number of halogens is 3. The number of benzene rings is 2. The third kappa shape index (κ3) is 4.54. The van der Waals surface area contributed by atoms with Crippen molar-refractivity contribution < 1.29 is 18.4 Å². The molecule has 0 unspecified atom stereocenters. The number of rotatable bonds is 5. The Morgan fingerprint density at radius 2 is 1.91 bits per heavy atom. The van der Waals surface area contributed by atoms with Gasteiger partial charge in [0.1, 0.15) is 17.3 Å². The van der Waals surface area contributed by atoms with E-state index in [4.69, 9.17) is 22.6 Å². The van der Waals surface area contributed by atoms with E-state index < -0.39 is 23.4 Å². The number of aromatic nitrogens is 3. The Morgan fingerprint density at radius 1 is 1.17 bits per heavy atom. The number of anilines is 1. The van der Waals surface area contributed by atoms with Gasteiger partial charge < -0.3 is 11.1 Å². The monoisotopic (exact) mass is 494 g/mol. The molecule has 3 N–H and O–H groups in total. The summed E-state index contributed by atoms with van der Waals surface area (Å²) in [5.41, 5.74) is 7.06. The van der Waals surface area contributed by atoms with Gasteiger partial charge in [-0.2, -0.15) is 10.4 Å². The number of fused-ring (bicyclic) bond motifs is 1. The predicted molar refractivity (Wildman–Crippen MR) is 125 cm³/mol. The summed E-state index contributed by atoms with van der Waals surface area (Å²) < 4.78 is 29.9. The van der Waals surface area contributed by atoms with Crippen LogP contribution < -0.4 is 11.1 Å². The van der Waals surface area contributed by atoms with Crippen LogP contribution in [-0.2, 0) is 6.54 Å². The fourth-order valence-electron chi connectivity index (χ4n) is 3.65. The summed E-state index contributed by atoms with van der Waals surface area (Å²) in [5.74, 6) is -2.82. The lowest BCUT2D eigenvalue weighted by Crippen LogP contribution is -2.18. The highest BCUT2D eigenvalue weighted by Crippen LogP contribution is 2.28. The normalized spacial score (nSPS) is 10.9. The summed E-state index contributed by atoms with van der Waals surface area (Å²) in [6.45, 7) is 3.43. The summed E-state index contributed by atoms with van der Waals surface area (Å²) >= 11 is 5.90. The molecule has 35 heavy (non-hydrogen) atoms. The number of hydrogen-bond acceptors (Lipinski definition) is 5. The van der Waals surface area contributed by atoms with Gasteiger partial charge >= 0.3 is 0 Å². The molecule has 0 atom stereocenters. The van der Waals surface area contributed by atoms with Crippen molar-refractivity contribution in [3.05, 3.63) is 86.8 Å². The van der Waals surface area contributed by atoms with E-state index in [1.807, 2.05) is 6.07 Å². The summed E-state index contributed by atoms with van der Waals surface area (Å²) in [5, 5.41) is 16.1. The molecule has 0 aliphatic heterocycles. The highest BCUT2D eigenvalue weighted by molar-refractivity contribution is 6.31. The first-order valence-electron chi connectivity index (χ1n) is 10.2. The Labute approximate surface area is 202 Å². The maximum atomic E-state index is 14.4. The molecular weight excluding hydrogens is 478 g/mol. The molecule has 0 saturated heterocycles. The van der Waals surface area contributed by atoms with Gasteiger partial charge in [0, 0.05) is 17.0 Å². The molecule has 4 aromatic rings. The Bertz CT molecular complexity index is 1580. The largest absolute Gasteiger partial charge is 0.364 e. The Hall–Kier alpha value is -4.36. The van der Waals surface area contributed by atoms with Crippen molar-refractivity contribution >= 4 is 40.0 Å². The van der Waals surface area contributed by atoms with Gasteiger partial charge in [0.2, 0.25) is 0 Å². The summed E-state index contributed by atoms with van der Waals surface area (Å²) in [6.07, 6.45) is 0. The Morgan fingerprint density at radius 3 is 2.57 bits per heavy atom. The number of pyridine rings is 1. The zero-order valence-electron chi connectivity index (χ0n) is 18.5. The number of nitrogens with two attached hydrogens (primary N) is 1. The van der Waals surface area contributed by atoms with Gasteiger partial charge in [-0.05, 0) is 38.1 Å². The van der Waals surface area contributed by atoms with E-state index in [2.05, 4.69) is 15.4 Å². The van der Waals surface area contributed by atoms with Gasteiger partial charge in [0.05, 0.1) is 51.4 Å². The number of hydrogen-bond donors (Lipinski definition) is 2. The molecular formula is C24H17ClF2N6O2. The SMILES string of the molecule is Cc1nn(Cc2ccc(C#N)cc2F)c(C)c1NC(=O)c1cc(C(N)=O)nc2cc(F)c(Cl)cc12. The molecule has 8 nitrogen and oxygen atoms in total. The van der Waals surface area contributed by atoms with Crippen LogP contribution >= 0.6 is 11.6 Å². The van der Waals surface area contributed by atoms with Crippen LogP contribution in [0.2, 0.25) is 5.02 Å². The molecule has 0 bridgehead atoms. The number of primary amides is 1. The average Bonchev–Trinajstić information content (AvgIpc) is 3.07. The van der Waals surface area contributed by atoms with Crippen LogP contribution in [-0.4, -0.2) is 26.6 Å². The first-order valence-corrected chi connectivity index (χ1v) is 10.6. The van der Waals surface area contributed by atoms with Gasteiger partial charge in [0.25, 0.3) is 11.8 Å². The molecule has 2 aromatic carbocycles. The lowest BCUT2D eigenvalue weighted by molar-refractivity contribution is 0.0996. The predicted octanol–water partition coefficient (Wildman–Crippen LogP) is 4.25. The molecule has 0 saturated carbocycles. The van der Waals surface area contributed by atoms with Crippen LogP contribution in [0.5, 0.6) is 0 Å². The number of nitrogens with one attached hydrogen (secondary N) is 1. The second-order valence-electron chi connectivity index (χ2n) is 7.78. The molecule has 0 aliphatic rings. The van der Waals surface area contributed by atoms with E-state index in [-0.39, 0.29) is 39.3 Å². The molecule has 0 fully saturated rings. The third-order valence-corrected chi connectivity index (χ3v) is 5.76. The van der Waals surface area contributed by atoms with Crippen LogP contribution in [0.25, 0.3) is 10.9 Å². The first-order chi connectivity index (χ1) is 16.6. The molecule has 2 amide bonds. The molecule has 0 spiro atoms. The van der Waals surface area contributed by atoms with E-state index in [1.165, 1.54) is 28.9 Å². The molecule has 4 rings (SSSR count). The second-order valence-corrected chi connectivity index (χ2v) is 8.19. The molecule has 2 aromatic heterocycles. The van der Waals surface area contributed by atoms with Gasteiger partial charge in [-0.15, -0.1) is 0 Å². The van der Waals surface area contributed by atoms with Gasteiger partial charge in [-0.1, -0.05) is 17.7 Å². The zero-order chi connectivity index (χ0) is 25.4. The lowest BCUT2D eigenvalue weighted by Gasteiger charge is -2.11. The summed E-state index contributed by atoms with van der Waals surface area (Å²) in [6, 6.07) is 9.49. The quantitative estimate of drug-likeness (QED) is 0.429. The Kier molecular flexibility index (Phi) is 6.20. The van der Waals surface area contributed by atoms with Crippen LogP contribution in [0.4, 0.5) is 14.5 Å². The minimum absolute atomic E-state index is 0.00962. The maximum absolute atomic E-state index is 14.4. The van der Waals surface area contributed by atoms with E-state index in [0.29, 0.717) is 22.6 Å². The Balaban J connectivity index is 1.71. The highest BCUT2D eigenvalue weighted by Gasteiger charge is 2.21. The number of amides is 2. The average molecular weight is 495 g/mol. The van der Waals surface area contributed by atoms with Crippen molar-refractivity contribution in [2.75, 3.05) is 5.32 Å². The highest BCUT2D eigenvalue weighted by atomic mass is 35.5. The molecule has 2 heterocycles. The summed E-state index contributed by atoms with van der Waals surface area (Å²) in [7, 11) is 0. The van der Waals surface area contributed by atoms with Crippen LogP contribution in [0.1, 0.15) is 43.4 Å². The van der Waals surface area contributed by atoms with E-state index in [1.54, 1.807) is 13.8 Å². The summed E-state index contributed by atoms with van der Waals surface area (Å²) in [4.78, 5) is 29.0. The molecule has 0 aliphatic carbocycles. The van der Waals surface area contributed by atoms with Gasteiger partial charge in [0.15, 0.2) is 0 Å². The van der Waals surface area contributed by atoms with Crippen LogP contribution in [0.15, 0.2) is 36.4 Å². The number of aryl methyl sites for hydroxylation is 1. The van der Waals surface area contributed by atoms with E-state index in [9.17, 15) is 18.4 Å². The van der Waals surface area contributed by atoms with Crippen molar-refractivity contribution in [1.82, 2.24) is 14.8 Å². The van der Waals surface area contributed by atoms with E-state index in [0.717, 1.165) is 12.1 Å². The van der Waals surface area contributed by atoms with Crippen molar-refractivity contribution in [2.24, 2.45) is 5.73 Å². The molecule has 11 heteroatoms. The van der Waals surface area contributed by atoms with Crippen molar-refractivity contribution in [3.63, 3.8) is 0 Å². The number of carbonyl (C=O) groups is 2. The topological polar surface area (TPSA) is 127 Å². The lowest BCUT2D eigenvalue weighted by atomic mass is 10.1. The van der Waals surface area contributed by atoms with Gasteiger partial charge in [-0.3, -0.25) is 14.3 Å². The fraction of sp³-hybridized carbons (Fsp3) is 0.125. The smallest absolute Gasteiger partial charge is 0.267 e. The van der Waals surface area contributed by atoms with E-state index >= 15 is 0 Å². The first kappa shape index (κ1) is 23.8. The van der Waals surface area contributed by atoms with Crippen LogP contribution in [0, 0.1) is 36.8 Å². The third-order valence-electron chi connectivity index (χ3n) is 5.47. The minimum atomic E-state index is -0.888. The van der Waals surface area contributed by atoms with Crippen molar-refractivity contribution in [2.45, 2.75) is 20.4 Å². The molecule has 176 valence electrons. The number of nitrogens with zero attached hydrogens (tertiary/aromatic N) is 4. The zero-order valence-corrected chi connectivity index (χ0v) is 19.2. The fourth-order valence-corrected chi connectivity index (χ4v) is 3.82. The maximum Gasteiger partial charge on any atom is 0.267 e. The second kappa shape index (κ2) is 9.12. The number of carbonyl (C=O) groups excluding carboxylic acids is 2. The minimum Gasteiger partial charge on any atom is -0.364 e. The van der Waals surface area contributed by atoms with Crippen molar-refractivity contribution in [3.8, 4) is 6.07 Å². The van der Waals surface area contributed by atoms with Crippen LogP contribution in [0.3, 0.4) is 0 Å². The molecule has 0 radical (unpaired) electrons. The van der Waals surface area contributed by atoms with Crippen molar-refractivity contribution in [1.29, 1.82) is 5.26 Å². The van der Waals surface area contributed by atoms with Gasteiger partial charge in [-0.25, -0.2) is 13.8 Å². The standard InChI is InChI=1S/C24H17ClF2N6O2/c1-11-22(12(2)33(32-11)10-14-4-3-13(9-28)5-18(14)26)31-24(35)16-7-21(23(29)34)30-20-8-19(27)17(25)6-15(16)20/h3-8H,10H2,1-2H3,(H2,29,34)(H,31,35). The number of nitriles is 1.